The molecule has 0 atom stereocenters. The summed E-state index contributed by atoms with van der Waals surface area (Å²) >= 11 is 0. The van der Waals surface area contributed by atoms with Gasteiger partial charge in [0.1, 0.15) is 5.60 Å². The molecule has 5 nitrogen and oxygen atoms in total. The molecule has 1 aliphatic rings. The van der Waals surface area contributed by atoms with E-state index in [4.69, 9.17) is 10.5 Å². The number of likely N-dealkylation sites (tertiary alicyclic amines) is 1. The molecule has 1 aromatic carbocycles. The molecule has 5 heteroatoms. The Morgan fingerprint density at radius 3 is 2.25 bits per heavy atom. The first kappa shape index (κ1) is 18.5. The number of hydrogen-bond donors (Lipinski definition) is 1. The van der Waals surface area contributed by atoms with Crippen molar-refractivity contribution in [3.8, 4) is 0 Å². The van der Waals surface area contributed by atoms with Crippen molar-refractivity contribution in [1.29, 1.82) is 0 Å². The molecule has 1 saturated heterocycles. The maximum atomic E-state index is 12.2. The van der Waals surface area contributed by atoms with Crippen LogP contribution in [0.15, 0.2) is 30.3 Å². The van der Waals surface area contributed by atoms with E-state index < -0.39 is 16.9 Å². The molecule has 0 saturated carbocycles. The van der Waals surface area contributed by atoms with Crippen LogP contribution in [0.5, 0.6) is 0 Å². The molecule has 0 bridgehead atoms. The Morgan fingerprint density at radius 2 is 1.75 bits per heavy atom. The molecule has 1 aliphatic heterocycles. The predicted octanol–water partition coefficient (Wildman–Crippen LogP) is 2.49. The number of amides is 1. The van der Waals surface area contributed by atoms with E-state index in [9.17, 15) is 9.59 Å². The Bertz CT molecular complexity index is 570. The molecule has 0 aliphatic carbocycles. The van der Waals surface area contributed by atoms with E-state index in [1.54, 1.807) is 0 Å². The molecule has 0 spiro atoms. The topological polar surface area (TPSA) is 72.6 Å². The van der Waals surface area contributed by atoms with Crippen LogP contribution in [0.25, 0.3) is 0 Å². The monoisotopic (exact) mass is 332 g/mol. The standard InChI is InChI=1S/C19H28N2O3/c1-18(2,3)24-16(22)13-19(17(20)23)9-11-21(12-10-19)14-15-7-5-4-6-8-15/h4-8H,9-14H2,1-3H3,(H2,20,23). The van der Waals surface area contributed by atoms with Gasteiger partial charge in [-0.25, -0.2) is 0 Å². The van der Waals surface area contributed by atoms with Crippen molar-refractivity contribution in [2.45, 2.75) is 52.2 Å². The van der Waals surface area contributed by atoms with Crippen LogP contribution in [0.1, 0.15) is 45.6 Å². The summed E-state index contributed by atoms with van der Waals surface area (Å²) in [5, 5.41) is 0. The zero-order chi connectivity index (χ0) is 17.8. The highest BCUT2D eigenvalue weighted by molar-refractivity contribution is 5.86. The minimum absolute atomic E-state index is 0.0682. The minimum Gasteiger partial charge on any atom is -0.460 e. The predicted molar refractivity (Wildman–Crippen MR) is 93.0 cm³/mol. The summed E-state index contributed by atoms with van der Waals surface area (Å²) < 4.78 is 5.38. The molecule has 132 valence electrons. The zero-order valence-corrected chi connectivity index (χ0v) is 14.9. The minimum atomic E-state index is -0.782. The molecule has 2 N–H and O–H groups in total. The number of benzene rings is 1. The number of ether oxygens (including phenoxy) is 1. The van der Waals surface area contributed by atoms with Gasteiger partial charge < -0.3 is 10.5 Å². The number of nitrogens with zero attached hydrogens (tertiary/aromatic N) is 1. The zero-order valence-electron chi connectivity index (χ0n) is 14.9. The highest BCUT2D eigenvalue weighted by Crippen LogP contribution is 2.36. The average Bonchev–Trinajstić information content (AvgIpc) is 2.48. The number of primary amides is 1. The van der Waals surface area contributed by atoms with Crippen molar-refractivity contribution >= 4 is 11.9 Å². The van der Waals surface area contributed by atoms with Crippen LogP contribution in [-0.4, -0.2) is 35.5 Å². The third-order valence-electron chi connectivity index (χ3n) is 4.49. The molecule has 0 unspecified atom stereocenters. The summed E-state index contributed by atoms with van der Waals surface area (Å²) in [6.45, 7) is 7.82. The summed E-state index contributed by atoms with van der Waals surface area (Å²) in [5.74, 6) is -0.745. The summed E-state index contributed by atoms with van der Waals surface area (Å²) in [7, 11) is 0. The summed E-state index contributed by atoms with van der Waals surface area (Å²) in [5.41, 5.74) is 5.56. The van der Waals surface area contributed by atoms with Crippen LogP contribution in [0.2, 0.25) is 0 Å². The van der Waals surface area contributed by atoms with Gasteiger partial charge in [0.05, 0.1) is 11.8 Å². The number of rotatable bonds is 5. The maximum Gasteiger partial charge on any atom is 0.307 e. The molecule has 1 fully saturated rings. The Balaban J connectivity index is 1.96. The number of hydrogen-bond acceptors (Lipinski definition) is 4. The van der Waals surface area contributed by atoms with Crippen LogP contribution in [-0.2, 0) is 20.9 Å². The van der Waals surface area contributed by atoms with Crippen LogP contribution < -0.4 is 5.73 Å². The Hall–Kier alpha value is -1.88. The molecule has 0 aromatic heterocycles. The van der Waals surface area contributed by atoms with Gasteiger partial charge in [-0.1, -0.05) is 30.3 Å². The number of nitrogens with two attached hydrogens (primary N) is 1. The van der Waals surface area contributed by atoms with Crippen LogP contribution in [0.4, 0.5) is 0 Å². The molecule has 1 heterocycles. The Kier molecular flexibility index (Phi) is 5.65. The summed E-state index contributed by atoms with van der Waals surface area (Å²) in [6.07, 6.45) is 1.25. The second kappa shape index (κ2) is 7.34. The van der Waals surface area contributed by atoms with Crippen molar-refractivity contribution in [2.24, 2.45) is 11.1 Å². The van der Waals surface area contributed by atoms with Gasteiger partial charge in [-0.05, 0) is 52.3 Å². The number of carbonyl (C=O) groups is 2. The fourth-order valence-electron chi connectivity index (χ4n) is 3.14. The lowest BCUT2D eigenvalue weighted by Crippen LogP contribution is -2.48. The molecule has 0 radical (unpaired) electrons. The fourth-order valence-corrected chi connectivity index (χ4v) is 3.14. The van der Waals surface area contributed by atoms with Crippen LogP contribution in [0.3, 0.4) is 0 Å². The lowest BCUT2D eigenvalue weighted by Gasteiger charge is -2.39. The summed E-state index contributed by atoms with van der Waals surface area (Å²) in [6, 6.07) is 10.2. The van der Waals surface area contributed by atoms with Gasteiger partial charge in [-0.15, -0.1) is 0 Å². The molecular weight excluding hydrogens is 304 g/mol. The first-order chi connectivity index (χ1) is 11.2. The third kappa shape index (κ3) is 5.06. The number of carbonyl (C=O) groups excluding carboxylic acids is 2. The van der Waals surface area contributed by atoms with Crippen molar-refractivity contribution < 1.29 is 14.3 Å². The fraction of sp³-hybridized carbons (Fsp3) is 0.579. The van der Waals surface area contributed by atoms with Gasteiger partial charge in [0, 0.05) is 6.54 Å². The Morgan fingerprint density at radius 1 is 1.17 bits per heavy atom. The van der Waals surface area contributed by atoms with Gasteiger partial charge in [0.15, 0.2) is 0 Å². The van der Waals surface area contributed by atoms with Crippen molar-refractivity contribution in [2.75, 3.05) is 13.1 Å². The van der Waals surface area contributed by atoms with Crippen molar-refractivity contribution in [3.63, 3.8) is 0 Å². The van der Waals surface area contributed by atoms with Gasteiger partial charge in [-0.3, -0.25) is 14.5 Å². The molecule has 1 amide bonds. The van der Waals surface area contributed by atoms with E-state index in [0.29, 0.717) is 12.8 Å². The van der Waals surface area contributed by atoms with E-state index in [0.717, 1.165) is 19.6 Å². The van der Waals surface area contributed by atoms with Gasteiger partial charge in [0.2, 0.25) is 5.91 Å². The largest absolute Gasteiger partial charge is 0.460 e. The smallest absolute Gasteiger partial charge is 0.307 e. The number of piperidine rings is 1. The second-order valence-electron chi connectivity index (χ2n) is 7.67. The molecule has 24 heavy (non-hydrogen) atoms. The SMILES string of the molecule is CC(C)(C)OC(=O)CC1(C(N)=O)CCN(Cc2ccccc2)CC1. The van der Waals surface area contributed by atoms with Crippen LogP contribution >= 0.6 is 0 Å². The molecule has 1 aromatic rings. The first-order valence-corrected chi connectivity index (χ1v) is 8.48. The first-order valence-electron chi connectivity index (χ1n) is 8.48. The maximum absolute atomic E-state index is 12.2. The van der Waals surface area contributed by atoms with E-state index in [1.165, 1.54) is 5.56 Å². The summed E-state index contributed by atoms with van der Waals surface area (Å²) in [4.78, 5) is 26.5. The highest BCUT2D eigenvalue weighted by Gasteiger charge is 2.42. The van der Waals surface area contributed by atoms with Gasteiger partial charge in [-0.2, -0.15) is 0 Å². The van der Waals surface area contributed by atoms with E-state index in [-0.39, 0.29) is 12.4 Å². The van der Waals surface area contributed by atoms with E-state index >= 15 is 0 Å². The molecular formula is C19H28N2O3. The lowest BCUT2D eigenvalue weighted by atomic mass is 9.75. The molecule has 2 rings (SSSR count). The number of esters is 1. The van der Waals surface area contributed by atoms with Crippen molar-refractivity contribution in [3.05, 3.63) is 35.9 Å². The second-order valence-corrected chi connectivity index (χ2v) is 7.67. The van der Waals surface area contributed by atoms with E-state index in [2.05, 4.69) is 17.0 Å². The van der Waals surface area contributed by atoms with Crippen molar-refractivity contribution in [1.82, 2.24) is 4.90 Å². The lowest BCUT2D eigenvalue weighted by molar-refractivity contribution is -0.161. The average molecular weight is 332 g/mol. The quantitative estimate of drug-likeness (QED) is 0.841. The third-order valence-corrected chi connectivity index (χ3v) is 4.49. The Labute approximate surface area is 144 Å². The van der Waals surface area contributed by atoms with Gasteiger partial charge in [0.25, 0.3) is 0 Å². The normalized spacial score (nSPS) is 18.1. The highest BCUT2D eigenvalue weighted by atomic mass is 16.6. The van der Waals surface area contributed by atoms with Crippen LogP contribution in [0, 0.1) is 5.41 Å². The van der Waals surface area contributed by atoms with E-state index in [1.807, 2.05) is 39.0 Å². The van der Waals surface area contributed by atoms with Gasteiger partial charge >= 0.3 is 5.97 Å².